The average molecular weight is 280 g/mol. The lowest BCUT2D eigenvalue weighted by Gasteiger charge is -2.12. The number of methoxy groups -OCH3 is 2. The van der Waals surface area contributed by atoms with Crippen molar-refractivity contribution in [3.63, 3.8) is 0 Å². The van der Waals surface area contributed by atoms with Gasteiger partial charge in [0.25, 0.3) is 0 Å². The predicted octanol–water partition coefficient (Wildman–Crippen LogP) is 2.52. The molecule has 0 aliphatic heterocycles. The molecule has 2 unspecified atom stereocenters. The van der Waals surface area contributed by atoms with Gasteiger partial charge in [-0.25, -0.2) is 4.39 Å². The van der Waals surface area contributed by atoms with Crippen molar-refractivity contribution in [1.29, 1.82) is 0 Å². The van der Waals surface area contributed by atoms with Crippen molar-refractivity contribution >= 4 is 0 Å². The molecule has 0 amide bonds. The molecule has 0 fully saturated rings. The van der Waals surface area contributed by atoms with E-state index in [1.807, 2.05) is 0 Å². The average Bonchev–Trinajstić information content (AvgIpc) is 2.32. The first kappa shape index (κ1) is 19.9. The van der Waals surface area contributed by atoms with Crippen LogP contribution in [0, 0.1) is 0 Å². The largest absolute Gasteiger partial charge is 0.411 e. The predicted molar refractivity (Wildman–Crippen MR) is 56.9 cm³/mol. The Labute approximate surface area is 104 Å². The monoisotopic (exact) mass is 280 g/mol. The third-order valence-electron chi connectivity index (χ3n) is 1.58. The first-order valence-electron chi connectivity index (χ1n) is 5.18. The maximum Gasteiger partial charge on any atom is 0.411 e. The summed E-state index contributed by atoms with van der Waals surface area (Å²) < 4.78 is 63.5. The summed E-state index contributed by atoms with van der Waals surface area (Å²) in [6, 6.07) is 0. The van der Waals surface area contributed by atoms with Crippen molar-refractivity contribution in [3.8, 4) is 0 Å². The van der Waals surface area contributed by atoms with E-state index >= 15 is 0 Å². The van der Waals surface area contributed by atoms with Gasteiger partial charge in [0.1, 0.15) is 13.3 Å². The second-order valence-corrected chi connectivity index (χ2v) is 3.09. The van der Waals surface area contributed by atoms with Crippen LogP contribution >= 0.6 is 0 Å². The van der Waals surface area contributed by atoms with Crippen molar-refractivity contribution in [3.05, 3.63) is 0 Å². The van der Waals surface area contributed by atoms with Gasteiger partial charge in [-0.3, -0.25) is 0 Å². The van der Waals surface area contributed by atoms with E-state index in [-0.39, 0.29) is 12.9 Å². The molecule has 0 saturated carbocycles. The molecule has 0 heterocycles. The van der Waals surface area contributed by atoms with E-state index in [9.17, 15) is 17.6 Å². The number of halogens is 4. The van der Waals surface area contributed by atoms with Gasteiger partial charge in [-0.15, -0.1) is 0 Å². The van der Waals surface area contributed by atoms with Crippen molar-refractivity contribution < 1.29 is 36.5 Å². The topological polar surface area (TPSA) is 36.9 Å². The molecule has 0 spiro atoms. The Balaban J connectivity index is 0. The molecule has 0 aromatic carbocycles. The van der Waals surface area contributed by atoms with Gasteiger partial charge in [-0.05, 0) is 13.8 Å². The van der Waals surface area contributed by atoms with Crippen LogP contribution in [0.25, 0.3) is 0 Å². The lowest BCUT2D eigenvalue weighted by Crippen LogP contribution is -2.22. The number of hydrogen-bond acceptors (Lipinski definition) is 4. The molecule has 0 N–H and O–H groups in total. The molecule has 0 aromatic rings. The van der Waals surface area contributed by atoms with Crippen LogP contribution < -0.4 is 0 Å². The summed E-state index contributed by atoms with van der Waals surface area (Å²) in [5.41, 5.74) is 0. The molecule has 0 saturated heterocycles. The Morgan fingerprint density at radius 1 is 0.944 bits per heavy atom. The second-order valence-electron chi connectivity index (χ2n) is 3.09. The summed E-state index contributed by atoms with van der Waals surface area (Å²) in [6.07, 6.45) is -5.36. The minimum absolute atomic E-state index is 0.120. The number of rotatable bonds is 7. The summed E-state index contributed by atoms with van der Waals surface area (Å²) in [5.74, 6) is 0. The van der Waals surface area contributed by atoms with E-state index < -0.39 is 25.7 Å². The first-order chi connectivity index (χ1) is 8.26. The molecule has 112 valence electrons. The van der Waals surface area contributed by atoms with Crippen LogP contribution in [0.5, 0.6) is 0 Å². The van der Waals surface area contributed by atoms with E-state index in [2.05, 4.69) is 14.2 Å². The summed E-state index contributed by atoms with van der Waals surface area (Å²) >= 11 is 0. The van der Waals surface area contributed by atoms with E-state index in [0.29, 0.717) is 0 Å². The summed E-state index contributed by atoms with van der Waals surface area (Å²) in [4.78, 5) is 0. The zero-order valence-electron chi connectivity index (χ0n) is 10.9. The highest BCUT2D eigenvalue weighted by molar-refractivity contribution is 4.45. The quantitative estimate of drug-likeness (QED) is 0.530. The van der Waals surface area contributed by atoms with Gasteiger partial charge < -0.3 is 18.9 Å². The first-order valence-corrected chi connectivity index (χ1v) is 5.18. The maximum absolute atomic E-state index is 11.4. The summed E-state index contributed by atoms with van der Waals surface area (Å²) in [6.45, 7) is 1.52. The molecule has 0 radical (unpaired) electrons. The molecule has 0 aliphatic carbocycles. The van der Waals surface area contributed by atoms with E-state index in [1.54, 1.807) is 6.92 Å². The van der Waals surface area contributed by atoms with Gasteiger partial charge in [0, 0.05) is 14.2 Å². The highest BCUT2D eigenvalue weighted by Crippen LogP contribution is 2.15. The minimum atomic E-state index is -4.27. The van der Waals surface area contributed by atoms with Crippen molar-refractivity contribution in [2.24, 2.45) is 0 Å². The van der Waals surface area contributed by atoms with Crippen LogP contribution in [-0.4, -0.2) is 52.9 Å². The Kier molecular flexibility index (Phi) is 12.9. The molecule has 2 atom stereocenters. The molecule has 0 aromatic heterocycles. The number of ether oxygens (including phenoxy) is 4. The molecule has 8 heteroatoms. The lowest BCUT2D eigenvalue weighted by molar-refractivity contribution is -0.218. The van der Waals surface area contributed by atoms with Gasteiger partial charge in [0.15, 0.2) is 12.6 Å². The van der Waals surface area contributed by atoms with Crippen molar-refractivity contribution in [2.75, 3.05) is 34.1 Å². The molecule has 0 aliphatic rings. The number of alkyl halides is 4. The third kappa shape index (κ3) is 17.9. The van der Waals surface area contributed by atoms with E-state index in [0.717, 1.165) is 0 Å². The molecule has 0 rings (SSSR count). The van der Waals surface area contributed by atoms with Crippen molar-refractivity contribution in [2.45, 2.75) is 32.6 Å². The summed E-state index contributed by atoms with van der Waals surface area (Å²) in [5, 5.41) is 0. The lowest BCUT2D eigenvalue weighted by atomic mass is 10.7. The SMILES string of the molecule is COC(C)OCC(F)(F)F.COC(C)OCCF. The van der Waals surface area contributed by atoms with Crippen LogP contribution in [0.1, 0.15) is 13.8 Å². The normalized spacial score (nSPS) is 14.7. The Morgan fingerprint density at radius 2 is 1.39 bits per heavy atom. The van der Waals surface area contributed by atoms with Crippen LogP contribution in [0.3, 0.4) is 0 Å². The van der Waals surface area contributed by atoms with E-state index in [4.69, 9.17) is 4.74 Å². The highest BCUT2D eigenvalue weighted by Gasteiger charge is 2.28. The standard InChI is InChI=1S/C5H9F3O2.C5H11FO2/c1-4(9-2)10-3-5(6,7)8;1-5(7-2)8-4-3-6/h4H,3H2,1-2H3;5H,3-4H2,1-2H3. The molecular formula is C10H20F4O4. The Hall–Kier alpha value is -0.440. The van der Waals surface area contributed by atoms with Crippen LogP contribution in [0.15, 0.2) is 0 Å². The van der Waals surface area contributed by atoms with Gasteiger partial charge in [-0.2, -0.15) is 13.2 Å². The van der Waals surface area contributed by atoms with Gasteiger partial charge >= 0.3 is 6.18 Å². The fourth-order valence-electron chi connectivity index (χ4n) is 0.558. The Bertz CT molecular complexity index is 178. The fourth-order valence-corrected chi connectivity index (χ4v) is 0.558. The Morgan fingerprint density at radius 3 is 1.72 bits per heavy atom. The van der Waals surface area contributed by atoms with Crippen LogP contribution in [-0.2, 0) is 18.9 Å². The van der Waals surface area contributed by atoms with Crippen LogP contribution in [0.4, 0.5) is 17.6 Å². The zero-order chi connectivity index (χ0) is 14.6. The maximum atomic E-state index is 11.4. The smallest absolute Gasteiger partial charge is 0.356 e. The highest BCUT2D eigenvalue weighted by atomic mass is 19.4. The number of hydrogen-bond donors (Lipinski definition) is 0. The summed E-state index contributed by atoms with van der Waals surface area (Å²) in [7, 11) is 2.80. The zero-order valence-corrected chi connectivity index (χ0v) is 10.9. The van der Waals surface area contributed by atoms with Crippen LogP contribution in [0.2, 0.25) is 0 Å². The molecular weight excluding hydrogens is 260 g/mol. The van der Waals surface area contributed by atoms with E-state index in [1.165, 1.54) is 21.1 Å². The van der Waals surface area contributed by atoms with Gasteiger partial charge in [0.2, 0.25) is 0 Å². The fraction of sp³-hybridized carbons (Fsp3) is 1.00. The second kappa shape index (κ2) is 11.6. The minimum Gasteiger partial charge on any atom is -0.356 e. The molecule has 0 bridgehead atoms. The van der Waals surface area contributed by atoms with Crippen molar-refractivity contribution in [1.82, 2.24) is 0 Å². The van der Waals surface area contributed by atoms with Gasteiger partial charge in [-0.1, -0.05) is 0 Å². The third-order valence-corrected chi connectivity index (χ3v) is 1.58. The molecule has 18 heavy (non-hydrogen) atoms. The molecule has 4 nitrogen and oxygen atoms in total. The van der Waals surface area contributed by atoms with Gasteiger partial charge in [0.05, 0.1) is 6.61 Å².